The van der Waals surface area contributed by atoms with Crippen molar-refractivity contribution in [3.63, 3.8) is 0 Å². The Balaban J connectivity index is 2.69. The van der Waals surface area contributed by atoms with Crippen LogP contribution < -0.4 is 0 Å². The fraction of sp³-hybridized carbons (Fsp3) is 0.643. The Bertz CT molecular complexity index is 292. The van der Waals surface area contributed by atoms with Gasteiger partial charge in [0.25, 0.3) is 0 Å². The van der Waals surface area contributed by atoms with Gasteiger partial charge in [-0.3, -0.25) is 0 Å². The molecular weight excluding hydrogens is 214 g/mol. The summed E-state index contributed by atoms with van der Waals surface area (Å²) in [7, 11) is 0. The van der Waals surface area contributed by atoms with Gasteiger partial charge in [0.1, 0.15) is 0 Å². The third-order valence-electron chi connectivity index (χ3n) is 1.94. The summed E-state index contributed by atoms with van der Waals surface area (Å²) in [6, 6.07) is 4.34. The van der Waals surface area contributed by atoms with Crippen LogP contribution in [0, 0.1) is 5.41 Å². The molecule has 0 bridgehead atoms. The molecular formula is C14H23NS. The largest absolute Gasteiger partial charge is 0.250 e. The zero-order valence-corrected chi connectivity index (χ0v) is 12.1. The summed E-state index contributed by atoms with van der Waals surface area (Å²) < 4.78 is 0.235. The van der Waals surface area contributed by atoms with E-state index < -0.39 is 0 Å². The molecule has 0 saturated heterocycles. The Morgan fingerprint density at radius 2 is 1.69 bits per heavy atom. The predicted octanol–water partition coefficient (Wildman–Crippen LogP) is 4.56. The maximum absolute atomic E-state index is 4.51. The highest BCUT2D eigenvalue weighted by atomic mass is 32.2. The van der Waals surface area contributed by atoms with Crippen molar-refractivity contribution < 1.29 is 0 Å². The first kappa shape index (κ1) is 13.6. The van der Waals surface area contributed by atoms with Crippen LogP contribution in [-0.2, 0) is 6.42 Å². The lowest BCUT2D eigenvalue weighted by Crippen LogP contribution is -2.10. The van der Waals surface area contributed by atoms with E-state index in [9.17, 15) is 0 Å². The van der Waals surface area contributed by atoms with Gasteiger partial charge in [-0.1, -0.05) is 47.6 Å². The van der Waals surface area contributed by atoms with Crippen molar-refractivity contribution >= 4 is 11.8 Å². The minimum atomic E-state index is 0.235. The summed E-state index contributed by atoms with van der Waals surface area (Å²) in [6.45, 7) is 13.4. The summed E-state index contributed by atoms with van der Waals surface area (Å²) in [4.78, 5) is 4.51. The number of pyridine rings is 1. The lowest BCUT2D eigenvalue weighted by Gasteiger charge is -2.19. The average molecular weight is 237 g/mol. The van der Waals surface area contributed by atoms with E-state index in [4.69, 9.17) is 0 Å². The van der Waals surface area contributed by atoms with E-state index >= 15 is 0 Å². The zero-order valence-electron chi connectivity index (χ0n) is 11.3. The van der Waals surface area contributed by atoms with E-state index in [1.807, 2.05) is 18.0 Å². The first-order valence-electron chi connectivity index (χ1n) is 5.80. The topological polar surface area (TPSA) is 12.9 Å². The second-order valence-corrected chi connectivity index (χ2v) is 8.30. The first-order valence-corrected chi connectivity index (χ1v) is 6.61. The number of nitrogens with zero attached hydrogens (tertiary/aromatic N) is 1. The molecule has 16 heavy (non-hydrogen) atoms. The van der Waals surface area contributed by atoms with Crippen molar-refractivity contribution in [2.75, 3.05) is 0 Å². The Morgan fingerprint density at radius 1 is 1.06 bits per heavy atom. The molecule has 0 aliphatic heterocycles. The standard InChI is InChI=1S/C14H23NS/c1-13(2,3)9-11-7-8-12(15-10-11)16-14(4,5)6/h7-8,10H,9H2,1-6H3. The highest BCUT2D eigenvalue weighted by molar-refractivity contribution is 8.00. The number of hydrogen-bond acceptors (Lipinski definition) is 2. The van der Waals surface area contributed by atoms with E-state index in [-0.39, 0.29) is 4.75 Å². The Hall–Kier alpha value is -0.500. The van der Waals surface area contributed by atoms with Gasteiger partial charge < -0.3 is 0 Å². The third kappa shape index (κ3) is 5.55. The van der Waals surface area contributed by atoms with E-state index in [0.29, 0.717) is 5.41 Å². The highest BCUT2D eigenvalue weighted by Gasteiger charge is 2.14. The number of rotatable bonds is 2. The first-order chi connectivity index (χ1) is 7.16. The lowest BCUT2D eigenvalue weighted by atomic mass is 9.89. The Morgan fingerprint density at radius 3 is 2.06 bits per heavy atom. The van der Waals surface area contributed by atoms with Gasteiger partial charge in [0.15, 0.2) is 0 Å². The molecule has 0 amide bonds. The molecule has 0 radical (unpaired) electrons. The van der Waals surface area contributed by atoms with Crippen LogP contribution >= 0.6 is 11.8 Å². The van der Waals surface area contributed by atoms with Crippen LogP contribution in [0.4, 0.5) is 0 Å². The molecule has 1 aromatic rings. The molecule has 0 fully saturated rings. The number of aromatic nitrogens is 1. The van der Waals surface area contributed by atoms with Gasteiger partial charge >= 0.3 is 0 Å². The van der Waals surface area contributed by atoms with Crippen molar-refractivity contribution in [3.8, 4) is 0 Å². The maximum Gasteiger partial charge on any atom is 0.0965 e. The van der Waals surface area contributed by atoms with Crippen LogP contribution in [0.5, 0.6) is 0 Å². The van der Waals surface area contributed by atoms with Crippen LogP contribution in [0.1, 0.15) is 47.1 Å². The molecule has 1 rings (SSSR count). The summed E-state index contributed by atoms with van der Waals surface area (Å²) in [5, 5.41) is 1.12. The summed E-state index contributed by atoms with van der Waals surface area (Å²) in [6.07, 6.45) is 3.10. The zero-order chi connectivity index (χ0) is 12.4. The summed E-state index contributed by atoms with van der Waals surface area (Å²) >= 11 is 1.82. The van der Waals surface area contributed by atoms with Crippen molar-refractivity contribution in [1.82, 2.24) is 4.98 Å². The molecule has 1 nitrogen and oxygen atoms in total. The second kappa shape index (κ2) is 4.79. The fourth-order valence-electron chi connectivity index (χ4n) is 1.50. The molecule has 0 aliphatic carbocycles. The minimum Gasteiger partial charge on any atom is -0.250 e. The van der Waals surface area contributed by atoms with Gasteiger partial charge in [0.05, 0.1) is 5.03 Å². The fourth-order valence-corrected chi connectivity index (χ4v) is 2.37. The SMILES string of the molecule is CC(C)(C)Cc1ccc(SC(C)(C)C)nc1. The van der Waals surface area contributed by atoms with Gasteiger partial charge in [-0.15, -0.1) is 11.8 Å². The van der Waals surface area contributed by atoms with Crippen molar-refractivity contribution in [3.05, 3.63) is 23.9 Å². The quantitative estimate of drug-likeness (QED) is 0.699. The average Bonchev–Trinajstić information content (AvgIpc) is 2.03. The van der Waals surface area contributed by atoms with Gasteiger partial charge in [-0.05, 0) is 23.5 Å². The van der Waals surface area contributed by atoms with E-state index in [1.165, 1.54) is 5.56 Å². The molecule has 2 heteroatoms. The lowest BCUT2D eigenvalue weighted by molar-refractivity contribution is 0.410. The predicted molar refractivity (Wildman–Crippen MR) is 73.0 cm³/mol. The van der Waals surface area contributed by atoms with Gasteiger partial charge in [0, 0.05) is 10.9 Å². The Labute approximate surface area is 104 Å². The maximum atomic E-state index is 4.51. The smallest absolute Gasteiger partial charge is 0.0965 e. The van der Waals surface area contributed by atoms with Crippen molar-refractivity contribution in [1.29, 1.82) is 0 Å². The monoisotopic (exact) mass is 237 g/mol. The van der Waals surface area contributed by atoms with Crippen LogP contribution in [0.25, 0.3) is 0 Å². The third-order valence-corrected chi connectivity index (χ3v) is 3.01. The van der Waals surface area contributed by atoms with Crippen molar-refractivity contribution in [2.45, 2.75) is 57.7 Å². The van der Waals surface area contributed by atoms with Crippen LogP contribution in [0.2, 0.25) is 0 Å². The molecule has 0 unspecified atom stereocenters. The van der Waals surface area contributed by atoms with Crippen LogP contribution in [0.3, 0.4) is 0 Å². The molecule has 0 aliphatic rings. The normalized spacial score (nSPS) is 12.9. The molecule has 1 heterocycles. The molecule has 0 N–H and O–H groups in total. The van der Waals surface area contributed by atoms with E-state index in [0.717, 1.165) is 11.4 Å². The molecule has 0 spiro atoms. The summed E-state index contributed by atoms with van der Waals surface area (Å²) in [5.74, 6) is 0. The second-order valence-electron chi connectivity index (χ2n) is 6.46. The molecule has 90 valence electrons. The van der Waals surface area contributed by atoms with E-state index in [2.05, 4.69) is 58.7 Å². The van der Waals surface area contributed by atoms with Crippen molar-refractivity contribution in [2.24, 2.45) is 5.41 Å². The minimum absolute atomic E-state index is 0.235. The molecule has 0 atom stereocenters. The number of hydrogen-bond donors (Lipinski definition) is 0. The van der Waals surface area contributed by atoms with Crippen LogP contribution in [0.15, 0.2) is 23.4 Å². The van der Waals surface area contributed by atoms with Gasteiger partial charge in [-0.25, -0.2) is 4.98 Å². The molecule has 0 saturated carbocycles. The summed E-state index contributed by atoms with van der Waals surface area (Å²) in [5.41, 5.74) is 1.66. The molecule has 1 aromatic heterocycles. The van der Waals surface area contributed by atoms with Gasteiger partial charge in [0.2, 0.25) is 0 Å². The van der Waals surface area contributed by atoms with Gasteiger partial charge in [-0.2, -0.15) is 0 Å². The number of thioether (sulfide) groups is 1. The van der Waals surface area contributed by atoms with E-state index in [1.54, 1.807) is 0 Å². The highest BCUT2D eigenvalue weighted by Crippen LogP contribution is 2.30. The van der Waals surface area contributed by atoms with Crippen LogP contribution in [-0.4, -0.2) is 9.73 Å². The Kier molecular flexibility index (Phi) is 4.06. The molecule has 0 aromatic carbocycles.